The molecule has 1 aliphatic rings. The van der Waals surface area contributed by atoms with E-state index in [9.17, 15) is 9.59 Å². The third-order valence-electron chi connectivity index (χ3n) is 4.35. The summed E-state index contributed by atoms with van der Waals surface area (Å²) in [5, 5.41) is 9.60. The lowest BCUT2D eigenvalue weighted by atomic mass is 10.0. The zero-order valence-corrected chi connectivity index (χ0v) is 14.8. The number of hydrogen-bond donors (Lipinski definition) is 1. The van der Waals surface area contributed by atoms with Gasteiger partial charge in [0, 0.05) is 11.1 Å². The van der Waals surface area contributed by atoms with Gasteiger partial charge in [-0.15, -0.1) is 0 Å². The van der Waals surface area contributed by atoms with Gasteiger partial charge in [-0.2, -0.15) is 0 Å². The predicted molar refractivity (Wildman–Crippen MR) is 95.7 cm³/mol. The molecule has 0 aromatic heterocycles. The smallest absolute Gasteiger partial charge is 0.306 e. The molecular weight excluding hydrogens is 363 g/mol. The van der Waals surface area contributed by atoms with E-state index in [-0.39, 0.29) is 22.8 Å². The van der Waals surface area contributed by atoms with Gasteiger partial charge in [-0.05, 0) is 55.7 Å². The number of hydrogen-bond acceptors (Lipinski definition) is 3. The molecule has 1 fully saturated rings. The van der Waals surface area contributed by atoms with E-state index in [2.05, 4.69) is 0 Å². The van der Waals surface area contributed by atoms with Crippen molar-refractivity contribution < 1.29 is 19.4 Å². The quantitative estimate of drug-likeness (QED) is 0.754. The largest absolute Gasteiger partial charge is 0.490 e. The summed E-state index contributed by atoms with van der Waals surface area (Å²) < 4.78 is 5.82. The summed E-state index contributed by atoms with van der Waals surface area (Å²) in [6.45, 7) is 0. The van der Waals surface area contributed by atoms with E-state index in [1.807, 2.05) is 0 Å². The topological polar surface area (TPSA) is 63.6 Å². The molecule has 1 aliphatic carbocycles. The summed E-state index contributed by atoms with van der Waals surface area (Å²) in [5.41, 5.74) is 0.828. The molecule has 2 atom stereocenters. The highest BCUT2D eigenvalue weighted by atomic mass is 35.5. The summed E-state index contributed by atoms with van der Waals surface area (Å²) >= 11 is 12.1. The first-order chi connectivity index (χ1) is 12.0. The maximum absolute atomic E-state index is 12.5. The molecule has 0 spiro atoms. The number of carbonyl (C=O) groups excluding carboxylic acids is 1. The van der Waals surface area contributed by atoms with Gasteiger partial charge in [0.2, 0.25) is 0 Å². The number of carboxylic acids is 1. The average molecular weight is 379 g/mol. The minimum absolute atomic E-state index is 0.106. The van der Waals surface area contributed by atoms with Gasteiger partial charge < -0.3 is 9.84 Å². The maximum Gasteiger partial charge on any atom is 0.306 e. The highest BCUT2D eigenvalue weighted by Crippen LogP contribution is 2.30. The van der Waals surface area contributed by atoms with Crippen LogP contribution < -0.4 is 4.74 Å². The number of ketones is 1. The van der Waals surface area contributed by atoms with E-state index in [0.29, 0.717) is 34.7 Å². The Morgan fingerprint density at radius 1 is 1.04 bits per heavy atom. The molecule has 0 heterocycles. The van der Waals surface area contributed by atoms with Crippen molar-refractivity contribution in [1.29, 1.82) is 0 Å². The fraction of sp³-hybridized carbons (Fsp3) is 0.263. The summed E-state index contributed by atoms with van der Waals surface area (Å²) in [5.74, 6) is -0.711. The van der Waals surface area contributed by atoms with Crippen LogP contribution >= 0.6 is 23.2 Å². The number of benzene rings is 2. The van der Waals surface area contributed by atoms with Crippen LogP contribution in [0.5, 0.6) is 5.75 Å². The normalized spacial score (nSPS) is 19.6. The molecule has 130 valence electrons. The predicted octanol–water partition coefficient (Wildman–Crippen LogP) is 4.86. The molecule has 2 aromatic carbocycles. The van der Waals surface area contributed by atoms with Crippen molar-refractivity contribution in [1.82, 2.24) is 0 Å². The second kappa shape index (κ2) is 7.46. The molecule has 0 unspecified atom stereocenters. The van der Waals surface area contributed by atoms with Crippen LogP contribution in [0.3, 0.4) is 0 Å². The highest BCUT2D eigenvalue weighted by Gasteiger charge is 2.31. The van der Waals surface area contributed by atoms with Gasteiger partial charge in [0.15, 0.2) is 5.78 Å². The highest BCUT2D eigenvalue weighted by molar-refractivity contribution is 6.44. The molecule has 3 rings (SSSR count). The molecule has 0 aliphatic heterocycles. The molecule has 1 N–H and O–H groups in total. The molecule has 2 aromatic rings. The SMILES string of the molecule is O=C(c1ccc(O[C@@H]2CC[C@@H](C(=O)O)C2)cc1)c1cccc(Cl)c1Cl. The molecule has 1 saturated carbocycles. The van der Waals surface area contributed by atoms with Crippen LogP contribution in [-0.4, -0.2) is 23.0 Å². The van der Waals surface area contributed by atoms with Gasteiger partial charge in [0.05, 0.1) is 22.1 Å². The van der Waals surface area contributed by atoms with Crippen LogP contribution in [0.4, 0.5) is 0 Å². The Morgan fingerprint density at radius 3 is 2.40 bits per heavy atom. The molecular formula is C19H16Cl2O4. The minimum atomic E-state index is -0.773. The lowest BCUT2D eigenvalue weighted by molar-refractivity contribution is -0.141. The third kappa shape index (κ3) is 3.97. The Hall–Kier alpha value is -2.04. The van der Waals surface area contributed by atoms with Crippen LogP contribution in [0.2, 0.25) is 10.0 Å². The first kappa shape index (κ1) is 17.8. The Bertz CT molecular complexity index is 802. The van der Waals surface area contributed by atoms with E-state index < -0.39 is 5.97 Å². The number of carboxylic acid groups (broad SMARTS) is 1. The van der Waals surface area contributed by atoms with E-state index in [1.54, 1.807) is 42.5 Å². The number of rotatable bonds is 5. The average Bonchev–Trinajstić information content (AvgIpc) is 3.06. The first-order valence-electron chi connectivity index (χ1n) is 7.94. The Balaban J connectivity index is 1.69. The fourth-order valence-corrected chi connectivity index (χ4v) is 3.37. The monoisotopic (exact) mass is 378 g/mol. The van der Waals surface area contributed by atoms with Gasteiger partial charge in [-0.3, -0.25) is 9.59 Å². The fourth-order valence-electron chi connectivity index (χ4n) is 2.98. The van der Waals surface area contributed by atoms with Crippen molar-refractivity contribution in [2.24, 2.45) is 5.92 Å². The summed E-state index contributed by atoms with van der Waals surface area (Å²) in [6.07, 6.45) is 1.75. The second-order valence-corrected chi connectivity index (χ2v) is 6.83. The van der Waals surface area contributed by atoms with Gasteiger partial charge >= 0.3 is 5.97 Å². The Labute approximate surface area is 155 Å². The van der Waals surface area contributed by atoms with Crippen molar-refractivity contribution in [3.8, 4) is 5.75 Å². The van der Waals surface area contributed by atoms with Crippen LogP contribution in [0.1, 0.15) is 35.2 Å². The molecule has 0 saturated heterocycles. The van der Waals surface area contributed by atoms with Crippen molar-refractivity contribution in [3.63, 3.8) is 0 Å². The number of halogens is 2. The Kier molecular flexibility index (Phi) is 5.30. The lowest BCUT2D eigenvalue weighted by Crippen LogP contribution is -2.15. The molecule has 0 amide bonds. The van der Waals surface area contributed by atoms with Gasteiger partial charge in [-0.1, -0.05) is 29.3 Å². The van der Waals surface area contributed by atoms with Crippen molar-refractivity contribution in [2.75, 3.05) is 0 Å². The zero-order chi connectivity index (χ0) is 18.0. The third-order valence-corrected chi connectivity index (χ3v) is 5.17. The van der Waals surface area contributed by atoms with Gasteiger partial charge in [0.25, 0.3) is 0 Å². The van der Waals surface area contributed by atoms with Crippen LogP contribution in [-0.2, 0) is 4.79 Å². The summed E-state index contributed by atoms with van der Waals surface area (Å²) in [7, 11) is 0. The van der Waals surface area contributed by atoms with Crippen molar-refractivity contribution >= 4 is 35.0 Å². The summed E-state index contributed by atoms with van der Waals surface area (Å²) in [4.78, 5) is 23.5. The van der Waals surface area contributed by atoms with Crippen LogP contribution in [0.25, 0.3) is 0 Å². The standard InChI is InChI=1S/C19H16Cl2O4/c20-16-3-1-2-15(17(16)21)18(22)11-4-7-13(8-5-11)25-14-9-6-12(10-14)19(23)24/h1-5,7-8,12,14H,6,9-10H2,(H,23,24)/t12-,14-/m1/s1. The molecule has 0 bridgehead atoms. The van der Waals surface area contributed by atoms with Gasteiger partial charge in [0.1, 0.15) is 5.75 Å². The van der Waals surface area contributed by atoms with E-state index in [0.717, 1.165) is 6.42 Å². The molecule has 25 heavy (non-hydrogen) atoms. The zero-order valence-electron chi connectivity index (χ0n) is 13.2. The van der Waals surface area contributed by atoms with Crippen LogP contribution in [0, 0.1) is 5.92 Å². The lowest BCUT2D eigenvalue weighted by Gasteiger charge is -2.14. The van der Waals surface area contributed by atoms with Crippen LogP contribution in [0.15, 0.2) is 42.5 Å². The van der Waals surface area contributed by atoms with E-state index in [1.165, 1.54) is 0 Å². The minimum Gasteiger partial charge on any atom is -0.490 e. The summed E-state index contributed by atoms with van der Waals surface area (Å²) in [6, 6.07) is 11.7. The van der Waals surface area contributed by atoms with Gasteiger partial charge in [-0.25, -0.2) is 0 Å². The molecule has 0 radical (unpaired) electrons. The maximum atomic E-state index is 12.5. The first-order valence-corrected chi connectivity index (χ1v) is 8.69. The van der Waals surface area contributed by atoms with Crippen molar-refractivity contribution in [3.05, 3.63) is 63.6 Å². The van der Waals surface area contributed by atoms with E-state index >= 15 is 0 Å². The van der Waals surface area contributed by atoms with E-state index in [4.69, 9.17) is 33.0 Å². The molecule has 4 nitrogen and oxygen atoms in total. The number of carbonyl (C=O) groups is 2. The molecule has 6 heteroatoms. The Morgan fingerprint density at radius 2 is 1.76 bits per heavy atom. The van der Waals surface area contributed by atoms with Crippen molar-refractivity contribution in [2.45, 2.75) is 25.4 Å². The number of ether oxygens (including phenoxy) is 1. The second-order valence-electron chi connectivity index (χ2n) is 6.04. The number of aliphatic carboxylic acids is 1.